The van der Waals surface area contributed by atoms with E-state index in [4.69, 9.17) is 11.6 Å². The molecule has 0 aliphatic rings. The van der Waals surface area contributed by atoms with E-state index < -0.39 is 0 Å². The lowest BCUT2D eigenvalue weighted by Crippen LogP contribution is -2.06. The second-order valence-electron chi connectivity index (χ2n) is 5.18. The highest BCUT2D eigenvalue weighted by Crippen LogP contribution is 2.20. The zero-order valence-corrected chi connectivity index (χ0v) is 13.1. The molecule has 0 aromatic heterocycles. The van der Waals surface area contributed by atoms with Gasteiger partial charge in [-0.25, -0.2) is 0 Å². The van der Waals surface area contributed by atoms with Crippen molar-refractivity contribution >= 4 is 27.5 Å². The van der Waals surface area contributed by atoms with Crippen LogP contribution < -0.4 is 0 Å². The summed E-state index contributed by atoms with van der Waals surface area (Å²) in [4.78, 5) is 0. The van der Waals surface area contributed by atoms with Gasteiger partial charge in [0.05, 0.1) is 0 Å². The maximum absolute atomic E-state index is 5.89. The fraction of sp³-hybridized carbons (Fsp3) is 0.600. The second kappa shape index (κ2) is 8.16. The van der Waals surface area contributed by atoms with Crippen molar-refractivity contribution in [2.45, 2.75) is 39.5 Å². The number of alkyl halides is 1. The highest BCUT2D eigenvalue weighted by Gasteiger charge is 2.08. The minimum atomic E-state index is 0.745. The normalized spacial score (nSPS) is 13.0. The topological polar surface area (TPSA) is 0 Å². The van der Waals surface area contributed by atoms with Crippen LogP contribution >= 0.6 is 27.5 Å². The highest BCUT2D eigenvalue weighted by molar-refractivity contribution is 9.09. The molecule has 1 unspecified atom stereocenters. The third-order valence-electron chi connectivity index (χ3n) is 3.05. The van der Waals surface area contributed by atoms with Gasteiger partial charge in [-0.3, -0.25) is 0 Å². The Morgan fingerprint density at radius 1 is 1.12 bits per heavy atom. The van der Waals surface area contributed by atoms with Crippen LogP contribution in [-0.4, -0.2) is 5.33 Å². The lowest BCUT2D eigenvalue weighted by atomic mass is 9.94. The Kier molecular flexibility index (Phi) is 7.22. The van der Waals surface area contributed by atoms with Gasteiger partial charge in [0.2, 0.25) is 0 Å². The molecule has 2 heteroatoms. The van der Waals surface area contributed by atoms with Crippen molar-refractivity contribution in [2.75, 3.05) is 5.33 Å². The summed E-state index contributed by atoms with van der Waals surface area (Å²) in [6.07, 6.45) is 5.14. The van der Waals surface area contributed by atoms with Crippen LogP contribution in [0.1, 0.15) is 38.7 Å². The third kappa shape index (κ3) is 6.47. The lowest BCUT2D eigenvalue weighted by Gasteiger charge is -2.14. The molecule has 0 fully saturated rings. The molecular weight excluding hydrogens is 296 g/mol. The zero-order valence-electron chi connectivity index (χ0n) is 10.8. The molecule has 0 heterocycles. The first-order valence-corrected chi connectivity index (χ1v) is 7.92. The lowest BCUT2D eigenvalue weighted by molar-refractivity contribution is 0.462. The first-order valence-electron chi connectivity index (χ1n) is 6.42. The molecule has 0 aliphatic carbocycles. The van der Waals surface area contributed by atoms with Gasteiger partial charge in [-0.1, -0.05) is 66.4 Å². The summed E-state index contributed by atoms with van der Waals surface area (Å²) in [5.41, 5.74) is 1.39. The number of benzene rings is 1. The summed E-state index contributed by atoms with van der Waals surface area (Å²) in [5, 5.41) is 1.91. The molecule has 0 bridgehead atoms. The highest BCUT2D eigenvalue weighted by atomic mass is 79.9. The van der Waals surface area contributed by atoms with Gasteiger partial charge in [0.25, 0.3) is 0 Å². The van der Waals surface area contributed by atoms with Crippen molar-refractivity contribution in [1.29, 1.82) is 0 Å². The van der Waals surface area contributed by atoms with Crippen LogP contribution in [0.2, 0.25) is 5.02 Å². The van der Waals surface area contributed by atoms with Crippen LogP contribution in [0.3, 0.4) is 0 Å². The van der Waals surface area contributed by atoms with Crippen molar-refractivity contribution in [3.05, 3.63) is 34.9 Å². The van der Waals surface area contributed by atoms with Gasteiger partial charge in [0.15, 0.2) is 0 Å². The number of halogens is 2. The van der Waals surface area contributed by atoms with Crippen molar-refractivity contribution in [1.82, 2.24) is 0 Å². The van der Waals surface area contributed by atoms with Crippen LogP contribution in [0.25, 0.3) is 0 Å². The molecule has 0 spiro atoms. The molecule has 1 atom stereocenters. The third-order valence-corrected chi connectivity index (χ3v) is 4.22. The first-order chi connectivity index (χ1) is 8.11. The van der Waals surface area contributed by atoms with Crippen LogP contribution in [0.5, 0.6) is 0 Å². The van der Waals surface area contributed by atoms with Gasteiger partial charge in [-0.05, 0) is 42.4 Å². The molecule has 1 aromatic carbocycles. The summed E-state index contributed by atoms with van der Waals surface area (Å²) in [6.45, 7) is 4.59. The Morgan fingerprint density at radius 2 is 1.76 bits per heavy atom. The van der Waals surface area contributed by atoms with E-state index in [1.54, 1.807) is 0 Å². The van der Waals surface area contributed by atoms with Gasteiger partial charge >= 0.3 is 0 Å². The van der Waals surface area contributed by atoms with Gasteiger partial charge in [-0.2, -0.15) is 0 Å². The largest absolute Gasteiger partial charge is 0.0925 e. The Labute approximate surface area is 119 Å². The van der Waals surface area contributed by atoms with E-state index >= 15 is 0 Å². The molecule has 0 N–H and O–H groups in total. The summed E-state index contributed by atoms with van der Waals surface area (Å²) in [5.74, 6) is 1.57. The number of hydrogen-bond acceptors (Lipinski definition) is 0. The Bertz CT molecular complexity index is 305. The second-order valence-corrected chi connectivity index (χ2v) is 6.26. The van der Waals surface area contributed by atoms with Crippen molar-refractivity contribution in [3.8, 4) is 0 Å². The standard InChI is InChI=1S/C15H22BrCl/c1-12(2)4-3-5-14(11-16)10-13-6-8-15(17)9-7-13/h6-9,12,14H,3-5,10-11H2,1-2H3. The van der Waals surface area contributed by atoms with Crippen molar-refractivity contribution in [2.24, 2.45) is 11.8 Å². The molecule has 0 aliphatic heterocycles. The first kappa shape index (κ1) is 15.0. The molecule has 0 saturated carbocycles. The van der Waals surface area contributed by atoms with E-state index in [2.05, 4.69) is 41.9 Å². The van der Waals surface area contributed by atoms with Crippen LogP contribution in [0, 0.1) is 11.8 Å². The fourth-order valence-corrected chi connectivity index (χ4v) is 2.68. The molecule has 1 aromatic rings. The summed E-state index contributed by atoms with van der Waals surface area (Å²) >= 11 is 9.52. The smallest absolute Gasteiger partial charge is 0.0406 e. The Morgan fingerprint density at radius 3 is 2.29 bits per heavy atom. The van der Waals surface area contributed by atoms with E-state index in [-0.39, 0.29) is 0 Å². The molecule has 0 nitrogen and oxygen atoms in total. The minimum absolute atomic E-state index is 0.745. The molecule has 0 saturated heterocycles. The maximum atomic E-state index is 5.89. The molecule has 96 valence electrons. The molecule has 0 amide bonds. The molecule has 0 radical (unpaired) electrons. The average molecular weight is 318 g/mol. The van der Waals surface area contributed by atoms with Crippen LogP contribution in [0.15, 0.2) is 24.3 Å². The summed E-state index contributed by atoms with van der Waals surface area (Å²) in [6, 6.07) is 8.24. The Hall–Kier alpha value is -0.0100. The quantitative estimate of drug-likeness (QED) is 0.564. The van der Waals surface area contributed by atoms with E-state index in [0.717, 1.165) is 28.6 Å². The molecule has 1 rings (SSSR count). The van der Waals surface area contributed by atoms with Gasteiger partial charge in [-0.15, -0.1) is 0 Å². The van der Waals surface area contributed by atoms with Gasteiger partial charge in [0.1, 0.15) is 0 Å². The Balaban J connectivity index is 2.38. The summed E-state index contributed by atoms with van der Waals surface area (Å²) < 4.78 is 0. The van der Waals surface area contributed by atoms with E-state index in [1.807, 2.05) is 12.1 Å². The van der Waals surface area contributed by atoms with Crippen molar-refractivity contribution < 1.29 is 0 Å². The monoisotopic (exact) mass is 316 g/mol. The molecule has 17 heavy (non-hydrogen) atoms. The van der Waals surface area contributed by atoms with Gasteiger partial charge < -0.3 is 0 Å². The maximum Gasteiger partial charge on any atom is 0.0406 e. The fourth-order valence-electron chi connectivity index (χ4n) is 2.00. The zero-order chi connectivity index (χ0) is 12.7. The SMILES string of the molecule is CC(C)CCCC(CBr)Cc1ccc(Cl)cc1. The number of rotatable bonds is 7. The van der Waals surface area contributed by atoms with Crippen LogP contribution in [0.4, 0.5) is 0 Å². The van der Waals surface area contributed by atoms with E-state index in [1.165, 1.54) is 24.8 Å². The number of hydrogen-bond donors (Lipinski definition) is 0. The summed E-state index contributed by atoms with van der Waals surface area (Å²) in [7, 11) is 0. The van der Waals surface area contributed by atoms with Crippen LogP contribution in [-0.2, 0) is 6.42 Å². The minimum Gasteiger partial charge on any atom is -0.0925 e. The predicted octanol–water partition coefficient (Wildman–Crippen LogP) is 5.72. The van der Waals surface area contributed by atoms with E-state index in [9.17, 15) is 0 Å². The van der Waals surface area contributed by atoms with Crippen molar-refractivity contribution in [3.63, 3.8) is 0 Å². The van der Waals surface area contributed by atoms with Gasteiger partial charge in [0, 0.05) is 10.4 Å². The molecular formula is C15H22BrCl. The average Bonchev–Trinajstić information content (AvgIpc) is 2.30. The predicted molar refractivity (Wildman–Crippen MR) is 81.1 cm³/mol. The van der Waals surface area contributed by atoms with E-state index in [0.29, 0.717) is 0 Å².